The fourth-order valence-electron chi connectivity index (χ4n) is 1.94. The maximum Gasteiger partial charge on any atom is 0.193 e. The quantitative estimate of drug-likeness (QED) is 0.228. The number of hydrogen-bond donors (Lipinski definition) is 2. The Morgan fingerprint density at radius 1 is 1.32 bits per heavy atom. The summed E-state index contributed by atoms with van der Waals surface area (Å²) in [5.74, 6) is 1.48. The Hall–Kier alpha value is -0.800. The van der Waals surface area contributed by atoms with E-state index in [1.54, 1.807) is 23.1 Å². The molecule has 22 heavy (non-hydrogen) atoms. The van der Waals surface area contributed by atoms with Gasteiger partial charge in [0.15, 0.2) is 5.96 Å². The fourth-order valence-corrected chi connectivity index (χ4v) is 3.57. The number of nitrogens with zero attached hydrogens (tertiary/aromatic N) is 2. The summed E-state index contributed by atoms with van der Waals surface area (Å²) in [6.07, 6.45) is 2.82. The van der Waals surface area contributed by atoms with Gasteiger partial charge in [-0.1, -0.05) is 17.8 Å². The Labute approximate surface area is 157 Å². The van der Waals surface area contributed by atoms with Gasteiger partial charge in [0.05, 0.1) is 0 Å². The molecule has 2 rings (SSSR count). The molecule has 0 aliphatic heterocycles. The van der Waals surface area contributed by atoms with Gasteiger partial charge in [0, 0.05) is 29.6 Å². The van der Waals surface area contributed by atoms with Crippen molar-refractivity contribution in [3.8, 4) is 0 Å². The van der Waals surface area contributed by atoms with Crippen LogP contribution in [-0.2, 0) is 0 Å². The number of benzene rings is 1. The number of nitrogens with two attached hydrogens (primary N) is 1. The van der Waals surface area contributed by atoms with E-state index in [1.165, 1.54) is 11.1 Å². The Balaban J connectivity index is 0.00000242. The zero-order valence-electron chi connectivity index (χ0n) is 12.7. The summed E-state index contributed by atoms with van der Waals surface area (Å²) in [5.41, 5.74) is 9.32. The molecule has 0 unspecified atom stereocenters. The van der Waals surface area contributed by atoms with E-state index in [0.717, 1.165) is 28.7 Å². The van der Waals surface area contributed by atoms with E-state index < -0.39 is 0 Å². The molecule has 7 heteroatoms. The van der Waals surface area contributed by atoms with E-state index in [9.17, 15) is 0 Å². The van der Waals surface area contributed by atoms with Crippen LogP contribution in [0, 0.1) is 13.8 Å². The molecular weight excluding hydrogens is 427 g/mol. The standard InChI is InChI=1S/C15H20N4S2.HI/c1-11-8-12(2)10-13(9-11)19-14(16)17-4-3-6-20-15-18-5-7-21-15;/h5,7-10H,3-4,6H2,1-2H3,(H3,16,17,19);1H. The van der Waals surface area contributed by atoms with Crippen molar-refractivity contribution in [2.45, 2.75) is 24.6 Å². The largest absolute Gasteiger partial charge is 0.370 e. The normalized spacial score (nSPS) is 11.1. The number of halogens is 1. The van der Waals surface area contributed by atoms with Gasteiger partial charge < -0.3 is 11.1 Å². The van der Waals surface area contributed by atoms with E-state index in [1.807, 2.05) is 11.6 Å². The third-order valence-electron chi connectivity index (χ3n) is 2.71. The Morgan fingerprint density at radius 3 is 2.68 bits per heavy atom. The maximum absolute atomic E-state index is 5.90. The minimum absolute atomic E-state index is 0. The second-order valence-electron chi connectivity index (χ2n) is 4.77. The lowest BCUT2D eigenvalue weighted by atomic mass is 10.1. The number of aryl methyl sites for hydroxylation is 2. The number of anilines is 1. The number of aliphatic imine (C=N–C) groups is 1. The lowest BCUT2D eigenvalue weighted by Crippen LogP contribution is -2.23. The average Bonchev–Trinajstić information content (AvgIpc) is 2.90. The van der Waals surface area contributed by atoms with Gasteiger partial charge >= 0.3 is 0 Å². The number of rotatable bonds is 6. The molecular formula is C15H21IN4S2. The highest BCUT2D eigenvalue weighted by molar-refractivity contribution is 14.0. The molecule has 0 aliphatic carbocycles. The molecule has 0 atom stereocenters. The molecule has 1 aromatic carbocycles. The molecule has 120 valence electrons. The van der Waals surface area contributed by atoms with Gasteiger partial charge in [0.25, 0.3) is 0 Å². The zero-order valence-corrected chi connectivity index (χ0v) is 16.7. The van der Waals surface area contributed by atoms with E-state index in [0.29, 0.717) is 5.96 Å². The van der Waals surface area contributed by atoms with Crippen LogP contribution in [0.1, 0.15) is 17.5 Å². The smallest absolute Gasteiger partial charge is 0.193 e. The summed E-state index contributed by atoms with van der Waals surface area (Å²) < 4.78 is 1.11. The van der Waals surface area contributed by atoms with Crippen LogP contribution in [0.25, 0.3) is 0 Å². The molecule has 0 saturated carbocycles. The van der Waals surface area contributed by atoms with Crippen LogP contribution in [-0.4, -0.2) is 23.2 Å². The molecule has 0 aliphatic rings. The van der Waals surface area contributed by atoms with Gasteiger partial charge in [-0.2, -0.15) is 0 Å². The second kappa shape index (κ2) is 10.1. The minimum atomic E-state index is 0. The minimum Gasteiger partial charge on any atom is -0.370 e. The number of aromatic nitrogens is 1. The predicted octanol–water partition coefficient (Wildman–Crippen LogP) is 4.29. The van der Waals surface area contributed by atoms with Crippen molar-refractivity contribution >= 4 is 58.7 Å². The number of guanidine groups is 1. The third-order valence-corrected chi connectivity index (χ3v) is 4.77. The summed E-state index contributed by atoms with van der Waals surface area (Å²) in [6, 6.07) is 6.26. The molecule has 2 aromatic rings. The highest BCUT2D eigenvalue weighted by atomic mass is 127. The molecule has 4 nitrogen and oxygen atoms in total. The van der Waals surface area contributed by atoms with Crippen molar-refractivity contribution < 1.29 is 0 Å². The van der Waals surface area contributed by atoms with Crippen LogP contribution in [0.5, 0.6) is 0 Å². The highest BCUT2D eigenvalue weighted by Crippen LogP contribution is 2.20. The Kier molecular flexibility index (Phi) is 8.81. The Morgan fingerprint density at radius 2 is 2.05 bits per heavy atom. The average molecular weight is 448 g/mol. The highest BCUT2D eigenvalue weighted by Gasteiger charge is 1.98. The van der Waals surface area contributed by atoms with Crippen molar-refractivity contribution in [1.29, 1.82) is 0 Å². The van der Waals surface area contributed by atoms with Crippen molar-refractivity contribution in [3.05, 3.63) is 40.9 Å². The van der Waals surface area contributed by atoms with E-state index in [2.05, 4.69) is 47.3 Å². The molecule has 0 spiro atoms. The van der Waals surface area contributed by atoms with Crippen molar-refractivity contribution in [2.75, 3.05) is 17.6 Å². The molecule has 3 N–H and O–H groups in total. The molecule has 0 bridgehead atoms. The molecule has 0 amide bonds. The zero-order chi connectivity index (χ0) is 15.1. The van der Waals surface area contributed by atoms with E-state index in [-0.39, 0.29) is 24.0 Å². The summed E-state index contributed by atoms with van der Waals surface area (Å²) >= 11 is 3.43. The van der Waals surface area contributed by atoms with Crippen LogP contribution in [0.4, 0.5) is 5.69 Å². The SMILES string of the molecule is Cc1cc(C)cc(NC(N)=NCCCSc2nccs2)c1.I. The summed E-state index contributed by atoms with van der Waals surface area (Å²) in [4.78, 5) is 8.58. The molecule has 0 fully saturated rings. The van der Waals surface area contributed by atoms with Crippen molar-refractivity contribution in [2.24, 2.45) is 10.7 Å². The first-order valence-corrected chi connectivity index (χ1v) is 8.67. The molecule has 1 heterocycles. The number of thioether (sulfide) groups is 1. The predicted molar refractivity (Wildman–Crippen MR) is 109 cm³/mol. The van der Waals surface area contributed by atoms with Crippen LogP contribution in [0.3, 0.4) is 0 Å². The van der Waals surface area contributed by atoms with Gasteiger partial charge in [-0.3, -0.25) is 4.99 Å². The molecule has 0 saturated heterocycles. The number of thiazole rings is 1. The Bertz CT molecular complexity index is 579. The lowest BCUT2D eigenvalue weighted by Gasteiger charge is -2.07. The summed E-state index contributed by atoms with van der Waals surface area (Å²) in [6.45, 7) is 4.87. The fraction of sp³-hybridized carbons (Fsp3) is 0.333. The van der Waals surface area contributed by atoms with Gasteiger partial charge in [0.1, 0.15) is 4.34 Å². The lowest BCUT2D eigenvalue weighted by molar-refractivity contribution is 0.939. The maximum atomic E-state index is 5.90. The van der Waals surface area contributed by atoms with Crippen LogP contribution < -0.4 is 11.1 Å². The van der Waals surface area contributed by atoms with Gasteiger partial charge in [-0.15, -0.1) is 35.3 Å². The molecule has 0 radical (unpaired) electrons. The first kappa shape index (κ1) is 19.2. The summed E-state index contributed by atoms with van der Waals surface area (Å²) in [5, 5.41) is 5.13. The first-order valence-electron chi connectivity index (χ1n) is 6.81. The van der Waals surface area contributed by atoms with Crippen LogP contribution in [0.15, 0.2) is 39.1 Å². The van der Waals surface area contributed by atoms with Gasteiger partial charge in [-0.05, 0) is 43.5 Å². The van der Waals surface area contributed by atoms with Gasteiger partial charge in [-0.25, -0.2) is 4.98 Å². The van der Waals surface area contributed by atoms with Crippen molar-refractivity contribution in [3.63, 3.8) is 0 Å². The number of hydrogen-bond acceptors (Lipinski definition) is 4. The van der Waals surface area contributed by atoms with Crippen LogP contribution in [0.2, 0.25) is 0 Å². The summed E-state index contributed by atoms with van der Waals surface area (Å²) in [7, 11) is 0. The van der Waals surface area contributed by atoms with Gasteiger partial charge in [0.2, 0.25) is 0 Å². The third kappa shape index (κ3) is 6.97. The second-order valence-corrected chi connectivity index (χ2v) is 7.00. The van der Waals surface area contributed by atoms with E-state index in [4.69, 9.17) is 5.73 Å². The monoisotopic (exact) mass is 448 g/mol. The van der Waals surface area contributed by atoms with E-state index >= 15 is 0 Å². The molecule has 1 aromatic heterocycles. The van der Waals surface area contributed by atoms with Crippen molar-refractivity contribution in [1.82, 2.24) is 4.98 Å². The first-order chi connectivity index (χ1) is 10.1. The van der Waals surface area contributed by atoms with Crippen LogP contribution >= 0.6 is 47.1 Å². The topological polar surface area (TPSA) is 63.3 Å². The number of nitrogens with one attached hydrogen (secondary N) is 1.